The molecule has 1 atom stereocenters. The van der Waals surface area contributed by atoms with Crippen molar-refractivity contribution in [2.45, 2.75) is 13.0 Å². The summed E-state index contributed by atoms with van der Waals surface area (Å²) in [6.07, 6.45) is 1.06. The summed E-state index contributed by atoms with van der Waals surface area (Å²) < 4.78 is 38.2. The number of para-hydroxylation sites is 1. The molecule has 0 spiro atoms. The maximum Gasteiger partial charge on any atom is 0.246 e. The lowest BCUT2D eigenvalue weighted by atomic mass is 10.2. The largest absolute Gasteiger partial charge is 0.374 e. The van der Waals surface area contributed by atoms with E-state index in [0.29, 0.717) is 11.4 Å². The second-order valence-corrected chi connectivity index (χ2v) is 7.04. The first-order valence-electron chi connectivity index (χ1n) is 7.14. The van der Waals surface area contributed by atoms with Gasteiger partial charge in [0, 0.05) is 11.4 Å². The summed E-state index contributed by atoms with van der Waals surface area (Å²) in [4.78, 5) is 12.1. The topological polar surface area (TPSA) is 87.3 Å². The second-order valence-electron chi connectivity index (χ2n) is 5.29. The molecule has 0 saturated heterocycles. The number of halogens is 1. The maximum absolute atomic E-state index is 13.5. The average molecular weight is 351 g/mol. The molecule has 0 heterocycles. The second kappa shape index (κ2) is 7.31. The molecule has 0 aromatic heterocycles. The monoisotopic (exact) mass is 351 g/mol. The van der Waals surface area contributed by atoms with Crippen molar-refractivity contribution in [1.82, 2.24) is 0 Å². The van der Waals surface area contributed by atoms with Crippen LogP contribution in [0.2, 0.25) is 0 Å². The number of rotatable bonds is 6. The molecule has 3 N–H and O–H groups in total. The maximum atomic E-state index is 13.5. The van der Waals surface area contributed by atoms with Crippen LogP contribution < -0.4 is 15.4 Å². The summed E-state index contributed by atoms with van der Waals surface area (Å²) in [5.41, 5.74) is 1.17. The molecule has 0 radical (unpaired) electrons. The summed E-state index contributed by atoms with van der Waals surface area (Å²) >= 11 is 0. The summed E-state index contributed by atoms with van der Waals surface area (Å²) in [5.74, 6) is -0.896. The number of sulfonamides is 1. The van der Waals surface area contributed by atoms with Crippen LogP contribution in [0.3, 0.4) is 0 Å². The highest BCUT2D eigenvalue weighted by Gasteiger charge is 2.14. The van der Waals surface area contributed by atoms with Gasteiger partial charge in [0.2, 0.25) is 15.9 Å². The molecule has 2 rings (SSSR count). The van der Waals surface area contributed by atoms with Crippen LogP contribution in [0.25, 0.3) is 0 Å². The van der Waals surface area contributed by atoms with Gasteiger partial charge in [-0.25, -0.2) is 12.8 Å². The Balaban J connectivity index is 1.97. The molecule has 2 aromatic carbocycles. The van der Waals surface area contributed by atoms with Crippen molar-refractivity contribution < 1.29 is 17.6 Å². The standard InChI is InChI=1S/C16H18FN3O3S/c1-11(16(21)19-15-6-4-3-5-14(15)17)18-12-7-9-13(10-8-12)20-24(2,22)23/h3-11,18,20H,1-2H3,(H,19,21)/t11-/m1/s1. The van der Waals surface area contributed by atoms with E-state index >= 15 is 0 Å². The van der Waals surface area contributed by atoms with Gasteiger partial charge in [0.05, 0.1) is 11.9 Å². The molecule has 0 aliphatic rings. The van der Waals surface area contributed by atoms with Crippen molar-refractivity contribution in [3.05, 3.63) is 54.3 Å². The first-order chi connectivity index (χ1) is 11.2. The van der Waals surface area contributed by atoms with Gasteiger partial charge in [-0.3, -0.25) is 9.52 Å². The third-order valence-electron chi connectivity index (χ3n) is 3.10. The zero-order chi connectivity index (χ0) is 17.7. The number of hydrogen-bond donors (Lipinski definition) is 3. The first kappa shape index (κ1) is 17.7. The van der Waals surface area contributed by atoms with Gasteiger partial charge in [0.15, 0.2) is 0 Å². The Kier molecular flexibility index (Phi) is 5.40. The van der Waals surface area contributed by atoms with E-state index in [1.54, 1.807) is 43.3 Å². The molecule has 2 aromatic rings. The molecule has 0 aliphatic heterocycles. The van der Waals surface area contributed by atoms with Gasteiger partial charge in [-0.1, -0.05) is 12.1 Å². The molecule has 0 bridgehead atoms. The van der Waals surface area contributed by atoms with E-state index in [1.807, 2.05) is 0 Å². The zero-order valence-corrected chi connectivity index (χ0v) is 14.0. The molecule has 0 fully saturated rings. The minimum absolute atomic E-state index is 0.115. The highest BCUT2D eigenvalue weighted by Crippen LogP contribution is 2.16. The molecule has 0 saturated carbocycles. The zero-order valence-electron chi connectivity index (χ0n) is 13.2. The third kappa shape index (κ3) is 5.24. The lowest BCUT2D eigenvalue weighted by molar-refractivity contribution is -0.116. The van der Waals surface area contributed by atoms with Crippen molar-refractivity contribution in [2.75, 3.05) is 21.6 Å². The smallest absolute Gasteiger partial charge is 0.246 e. The molecule has 0 aliphatic carbocycles. The Hall–Kier alpha value is -2.61. The van der Waals surface area contributed by atoms with E-state index in [4.69, 9.17) is 0 Å². The minimum atomic E-state index is -3.34. The fourth-order valence-corrected chi connectivity index (χ4v) is 2.53. The molecule has 0 unspecified atom stereocenters. The van der Waals surface area contributed by atoms with Crippen LogP contribution in [0, 0.1) is 5.82 Å². The molecular formula is C16H18FN3O3S. The molecule has 8 heteroatoms. The number of amides is 1. The van der Waals surface area contributed by atoms with Gasteiger partial charge in [0.25, 0.3) is 0 Å². The Bertz CT molecular complexity index is 823. The van der Waals surface area contributed by atoms with Crippen molar-refractivity contribution in [3.8, 4) is 0 Å². The van der Waals surface area contributed by atoms with Crippen LogP contribution in [0.5, 0.6) is 0 Å². The molecule has 1 amide bonds. The first-order valence-corrected chi connectivity index (χ1v) is 9.03. The number of benzene rings is 2. The summed E-state index contributed by atoms with van der Waals surface area (Å²) in [6, 6.07) is 11.7. The number of nitrogens with one attached hydrogen (secondary N) is 3. The van der Waals surface area contributed by atoms with Gasteiger partial charge in [-0.2, -0.15) is 0 Å². The highest BCUT2D eigenvalue weighted by molar-refractivity contribution is 7.92. The van der Waals surface area contributed by atoms with Gasteiger partial charge in [-0.15, -0.1) is 0 Å². The van der Waals surface area contributed by atoms with Crippen LogP contribution in [0.4, 0.5) is 21.5 Å². The summed E-state index contributed by atoms with van der Waals surface area (Å²) in [6.45, 7) is 1.64. The van der Waals surface area contributed by atoms with Gasteiger partial charge >= 0.3 is 0 Å². The number of anilines is 3. The van der Waals surface area contributed by atoms with Crippen LogP contribution in [0.1, 0.15) is 6.92 Å². The van der Waals surface area contributed by atoms with Gasteiger partial charge in [0.1, 0.15) is 11.9 Å². The molecule has 24 heavy (non-hydrogen) atoms. The van der Waals surface area contributed by atoms with Crippen LogP contribution in [-0.2, 0) is 14.8 Å². The highest BCUT2D eigenvalue weighted by atomic mass is 32.2. The Morgan fingerprint density at radius 3 is 2.21 bits per heavy atom. The Morgan fingerprint density at radius 2 is 1.62 bits per heavy atom. The predicted molar refractivity (Wildman–Crippen MR) is 93.0 cm³/mol. The van der Waals surface area contributed by atoms with Crippen molar-refractivity contribution in [3.63, 3.8) is 0 Å². The summed E-state index contributed by atoms with van der Waals surface area (Å²) in [5, 5.41) is 5.46. The SMILES string of the molecule is C[C@@H](Nc1ccc(NS(C)(=O)=O)cc1)C(=O)Nc1ccccc1F. The van der Waals surface area contributed by atoms with E-state index in [1.165, 1.54) is 12.1 Å². The fourth-order valence-electron chi connectivity index (χ4n) is 1.97. The van der Waals surface area contributed by atoms with Crippen LogP contribution >= 0.6 is 0 Å². The van der Waals surface area contributed by atoms with Crippen molar-refractivity contribution in [2.24, 2.45) is 0 Å². The number of hydrogen-bond acceptors (Lipinski definition) is 4. The Morgan fingerprint density at radius 1 is 1.04 bits per heavy atom. The van der Waals surface area contributed by atoms with E-state index in [0.717, 1.165) is 6.26 Å². The quantitative estimate of drug-likeness (QED) is 0.747. The van der Waals surface area contributed by atoms with E-state index in [9.17, 15) is 17.6 Å². The van der Waals surface area contributed by atoms with Gasteiger partial charge < -0.3 is 10.6 Å². The van der Waals surface area contributed by atoms with E-state index < -0.39 is 27.8 Å². The Labute approximate surface area is 140 Å². The summed E-state index contributed by atoms with van der Waals surface area (Å²) in [7, 11) is -3.34. The van der Waals surface area contributed by atoms with E-state index in [-0.39, 0.29) is 5.69 Å². The molecular weight excluding hydrogens is 333 g/mol. The number of carbonyl (C=O) groups is 1. The minimum Gasteiger partial charge on any atom is -0.374 e. The fraction of sp³-hybridized carbons (Fsp3) is 0.188. The van der Waals surface area contributed by atoms with Crippen LogP contribution in [0.15, 0.2) is 48.5 Å². The van der Waals surface area contributed by atoms with E-state index in [2.05, 4.69) is 15.4 Å². The average Bonchev–Trinajstić information content (AvgIpc) is 2.50. The third-order valence-corrected chi connectivity index (χ3v) is 3.70. The molecule has 6 nitrogen and oxygen atoms in total. The predicted octanol–water partition coefficient (Wildman–Crippen LogP) is 2.64. The normalized spacial score (nSPS) is 12.3. The van der Waals surface area contributed by atoms with Gasteiger partial charge in [-0.05, 0) is 43.3 Å². The lowest BCUT2D eigenvalue weighted by Crippen LogP contribution is -2.32. The van der Waals surface area contributed by atoms with Crippen LogP contribution in [-0.4, -0.2) is 26.6 Å². The van der Waals surface area contributed by atoms with Crippen molar-refractivity contribution in [1.29, 1.82) is 0 Å². The molecule has 128 valence electrons. The number of carbonyl (C=O) groups excluding carboxylic acids is 1. The lowest BCUT2D eigenvalue weighted by Gasteiger charge is -2.16. The van der Waals surface area contributed by atoms with Crippen molar-refractivity contribution >= 4 is 33.0 Å².